The van der Waals surface area contributed by atoms with Crippen molar-refractivity contribution < 1.29 is 9.59 Å². The maximum absolute atomic E-state index is 12.1. The zero-order chi connectivity index (χ0) is 14.0. The van der Waals surface area contributed by atoms with Gasteiger partial charge >= 0.3 is 0 Å². The first-order chi connectivity index (χ1) is 9.00. The molecule has 0 aliphatic carbocycles. The van der Waals surface area contributed by atoms with Crippen molar-refractivity contribution in [1.82, 2.24) is 5.32 Å². The fourth-order valence-corrected chi connectivity index (χ4v) is 1.65. The first-order valence-corrected chi connectivity index (χ1v) is 5.95. The third-order valence-electron chi connectivity index (χ3n) is 2.83. The largest absolute Gasteiger partial charge is 0.308 e. The summed E-state index contributed by atoms with van der Waals surface area (Å²) in [6.07, 6.45) is 0. The van der Waals surface area contributed by atoms with Gasteiger partial charge in [0.1, 0.15) is 5.84 Å². The molecule has 1 N–H and O–H groups in total. The predicted octanol–water partition coefficient (Wildman–Crippen LogP) is 1.68. The van der Waals surface area contributed by atoms with E-state index in [2.05, 4.69) is 17.0 Å². The zero-order valence-corrected chi connectivity index (χ0v) is 10.9. The van der Waals surface area contributed by atoms with Crippen molar-refractivity contribution >= 4 is 23.3 Å². The number of carbonyl (C=O) groups is 2. The summed E-state index contributed by atoms with van der Waals surface area (Å²) in [4.78, 5) is 23.7. The van der Waals surface area contributed by atoms with Crippen LogP contribution in [0.3, 0.4) is 0 Å². The number of para-hydroxylation sites is 1. The van der Waals surface area contributed by atoms with Crippen LogP contribution in [0.2, 0.25) is 0 Å². The van der Waals surface area contributed by atoms with Crippen LogP contribution in [0.1, 0.15) is 13.8 Å². The summed E-state index contributed by atoms with van der Waals surface area (Å²) in [5, 5.41) is 8.08. The van der Waals surface area contributed by atoms with Gasteiger partial charge in [-0.15, -0.1) is 0 Å². The number of benzene rings is 1. The lowest BCUT2D eigenvalue weighted by Crippen LogP contribution is -2.35. The first-order valence-electron chi connectivity index (χ1n) is 5.95. The van der Waals surface area contributed by atoms with E-state index in [0.29, 0.717) is 17.1 Å². The summed E-state index contributed by atoms with van der Waals surface area (Å²) < 4.78 is 0. The van der Waals surface area contributed by atoms with Crippen LogP contribution in [0.4, 0.5) is 5.69 Å². The van der Waals surface area contributed by atoms with Crippen LogP contribution < -0.4 is 10.3 Å². The lowest BCUT2D eigenvalue weighted by atomic mass is 10.1. The molecule has 0 unspecified atom stereocenters. The van der Waals surface area contributed by atoms with E-state index in [0.717, 1.165) is 0 Å². The van der Waals surface area contributed by atoms with Gasteiger partial charge in [-0.3, -0.25) is 9.59 Å². The SMILES string of the molecule is C=C(C)C(=O)NC1=NN(c2ccccc2)C(=O)[C@@H]1C. The number of anilines is 1. The minimum absolute atomic E-state index is 0.164. The molecule has 1 heterocycles. The Balaban J connectivity index is 2.24. The average molecular weight is 257 g/mol. The van der Waals surface area contributed by atoms with Crippen LogP contribution in [0, 0.1) is 5.92 Å². The molecule has 0 bridgehead atoms. The Kier molecular flexibility index (Phi) is 3.46. The summed E-state index contributed by atoms with van der Waals surface area (Å²) in [5.41, 5.74) is 1.06. The number of amidine groups is 1. The molecule has 0 spiro atoms. The number of carbonyl (C=O) groups excluding carboxylic acids is 2. The molecule has 2 rings (SSSR count). The van der Waals surface area contributed by atoms with E-state index in [9.17, 15) is 9.59 Å². The highest BCUT2D eigenvalue weighted by Crippen LogP contribution is 2.22. The molecule has 1 aromatic rings. The Bertz CT molecular complexity index is 563. The highest BCUT2D eigenvalue weighted by Gasteiger charge is 2.34. The average Bonchev–Trinajstić information content (AvgIpc) is 2.68. The molecule has 1 aliphatic rings. The summed E-state index contributed by atoms with van der Waals surface area (Å²) in [6, 6.07) is 9.09. The predicted molar refractivity (Wildman–Crippen MR) is 73.5 cm³/mol. The van der Waals surface area contributed by atoms with Crippen molar-refractivity contribution in [3.8, 4) is 0 Å². The van der Waals surface area contributed by atoms with Crippen molar-refractivity contribution in [1.29, 1.82) is 0 Å². The number of hydrazone groups is 1. The van der Waals surface area contributed by atoms with Crippen LogP contribution >= 0.6 is 0 Å². The molecule has 5 heteroatoms. The Morgan fingerprint density at radius 1 is 1.37 bits per heavy atom. The van der Waals surface area contributed by atoms with Crippen molar-refractivity contribution in [3.63, 3.8) is 0 Å². The highest BCUT2D eigenvalue weighted by atomic mass is 16.2. The molecular formula is C14H15N3O2. The van der Waals surface area contributed by atoms with Gasteiger partial charge < -0.3 is 5.32 Å². The zero-order valence-electron chi connectivity index (χ0n) is 10.9. The van der Waals surface area contributed by atoms with Crippen molar-refractivity contribution in [2.24, 2.45) is 11.0 Å². The fourth-order valence-electron chi connectivity index (χ4n) is 1.65. The molecule has 0 saturated heterocycles. The van der Waals surface area contributed by atoms with Gasteiger partial charge in [0.15, 0.2) is 0 Å². The second-order valence-corrected chi connectivity index (χ2v) is 4.43. The fraction of sp³-hybridized carbons (Fsp3) is 0.214. The molecule has 0 fully saturated rings. The summed E-state index contributed by atoms with van der Waals surface area (Å²) >= 11 is 0. The lowest BCUT2D eigenvalue weighted by molar-refractivity contribution is -0.119. The Hall–Kier alpha value is -2.43. The number of nitrogens with one attached hydrogen (secondary N) is 1. The van der Waals surface area contributed by atoms with Gasteiger partial charge in [-0.1, -0.05) is 24.8 Å². The third kappa shape index (κ3) is 2.54. The number of hydrogen-bond acceptors (Lipinski definition) is 3. The molecule has 5 nitrogen and oxygen atoms in total. The first kappa shape index (κ1) is 13.0. The van der Waals surface area contributed by atoms with Gasteiger partial charge in [-0.05, 0) is 26.0 Å². The molecule has 1 aromatic carbocycles. The van der Waals surface area contributed by atoms with Gasteiger partial charge in [-0.2, -0.15) is 10.1 Å². The van der Waals surface area contributed by atoms with E-state index in [4.69, 9.17) is 0 Å². The Morgan fingerprint density at radius 3 is 2.58 bits per heavy atom. The van der Waals surface area contributed by atoms with Crippen LogP contribution in [-0.4, -0.2) is 17.6 Å². The monoisotopic (exact) mass is 257 g/mol. The van der Waals surface area contributed by atoms with E-state index >= 15 is 0 Å². The minimum Gasteiger partial charge on any atom is -0.308 e. The maximum Gasteiger partial charge on any atom is 0.257 e. The molecule has 1 aliphatic heterocycles. The number of amides is 2. The van der Waals surface area contributed by atoms with Gasteiger partial charge in [0, 0.05) is 5.57 Å². The van der Waals surface area contributed by atoms with Gasteiger partial charge in [0.2, 0.25) is 0 Å². The van der Waals surface area contributed by atoms with E-state index in [-0.39, 0.29) is 11.8 Å². The van der Waals surface area contributed by atoms with Crippen molar-refractivity contribution in [2.75, 3.05) is 5.01 Å². The molecule has 0 radical (unpaired) electrons. The van der Waals surface area contributed by atoms with Crippen LogP contribution in [0.15, 0.2) is 47.6 Å². The summed E-state index contributed by atoms with van der Waals surface area (Å²) in [5.74, 6) is -0.609. The smallest absolute Gasteiger partial charge is 0.257 e. The quantitative estimate of drug-likeness (QED) is 0.819. The van der Waals surface area contributed by atoms with Crippen LogP contribution in [0.25, 0.3) is 0 Å². The van der Waals surface area contributed by atoms with E-state index in [1.165, 1.54) is 5.01 Å². The maximum atomic E-state index is 12.1. The minimum atomic E-state index is -0.469. The second kappa shape index (κ2) is 5.06. The second-order valence-electron chi connectivity index (χ2n) is 4.43. The number of nitrogens with zero attached hydrogens (tertiary/aromatic N) is 2. The molecule has 2 amide bonds. The number of rotatable bonds is 2. The standard InChI is InChI=1S/C14H15N3O2/c1-9(2)13(18)15-12-10(3)14(19)17(16-12)11-7-5-4-6-8-11/h4-8,10H,1H2,2-3H3,(H,15,16,18)/t10-/m1/s1. The van der Waals surface area contributed by atoms with Crippen molar-refractivity contribution in [2.45, 2.75) is 13.8 Å². The van der Waals surface area contributed by atoms with Gasteiger partial charge in [0.05, 0.1) is 11.6 Å². The van der Waals surface area contributed by atoms with Crippen LogP contribution in [0.5, 0.6) is 0 Å². The normalized spacial score (nSPS) is 18.2. The van der Waals surface area contributed by atoms with Crippen LogP contribution in [-0.2, 0) is 9.59 Å². The highest BCUT2D eigenvalue weighted by molar-refractivity contribution is 6.19. The topological polar surface area (TPSA) is 61.8 Å². The van der Waals surface area contributed by atoms with Crippen molar-refractivity contribution in [3.05, 3.63) is 42.5 Å². The molecular weight excluding hydrogens is 242 g/mol. The van der Waals surface area contributed by atoms with E-state index in [1.807, 2.05) is 18.2 Å². The van der Waals surface area contributed by atoms with Gasteiger partial charge in [0.25, 0.3) is 11.8 Å². The molecule has 0 aromatic heterocycles. The summed E-state index contributed by atoms with van der Waals surface area (Å²) in [6.45, 7) is 6.87. The Labute approximate surface area is 111 Å². The van der Waals surface area contributed by atoms with E-state index in [1.54, 1.807) is 26.0 Å². The third-order valence-corrected chi connectivity index (χ3v) is 2.83. The number of hydrogen-bond donors (Lipinski definition) is 1. The van der Waals surface area contributed by atoms with Gasteiger partial charge in [-0.25, -0.2) is 0 Å². The lowest BCUT2D eigenvalue weighted by Gasteiger charge is -2.11. The molecule has 1 atom stereocenters. The molecule has 0 saturated carbocycles. The molecule has 19 heavy (non-hydrogen) atoms. The molecule has 98 valence electrons. The Morgan fingerprint density at radius 2 is 2.00 bits per heavy atom. The summed E-state index contributed by atoms with van der Waals surface area (Å²) in [7, 11) is 0. The van der Waals surface area contributed by atoms with E-state index < -0.39 is 5.92 Å².